The fourth-order valence-corrected chi connectivity index (χ4v) is 2.98. The van der Waals surface area contributed by atoms with Crippen molar-refractivity contribution in [2.45, 2.75) is 33.1 Å². The Morgan fingerprint density at radius 1 is 1.40 bits per heavy atom. The van der Waals surface area contributed by atoms with Gasteiger partial charge in [0.25, 0.3) is 0 Å². The second kappa shape index (κ2) is 6.02. The molecule has 2 rings (SSSR count). The molecule has 0 saturated heterocycles. The standard InChI is InChI=1S/C15H16ClFN2S/c1-8(2)13-9(3)18-12(19-15(13)20)7-10-5-4-6-11(16)14(10)17/h4-6,8H,7H2,1-3H3,(H,18,19,20). The highest BCUT2D eigenvalue weighted by molar-refractivity contribution is 7.71. The number of nitrogens with zero attached hydrogens (tertiary/aromatic N) is 1. The van der Waals surface area contributed by atoms with Crippen LogP contribution in [0.25, 0.3) is 0 Å². The summed E-state index contributed by atoms with van der Waals surface area (Å²) < 4.78 is 14.5. The largest absolute Gasteiger partial charge is 0.347 e. The third-order valence-electron chi connectivity index (χ3n) is 3.17. The summed E-state index contributed by atoms with van der Waals surface area (Å²) in [4.78, 5) is 7.58. The van der Waals surface area contributed by atoms with E-state index in [0.29, 0.717) is 28.4 Å². The van der Waals surface area contributed by atoms with Gasteiger partial charge in [0.05, 0.1) is 5.02 Å². The normalized spacial score (nSPS) is 11.1. The first-order valence-electron chi connectivity index (χ1n) is 6.42. The molecule has 0 radical (unpaired) electrons. The van der Waals surface area contributed by atoms with Crippen molar-refractivity contribution < 1.29 is 4.39 Å². The Hall–Kier alpha value is -1.26. The minimum Gasteiger partial charge on any atom is -0.347 e. The topological polar surface area (TPSA) is 28.7 Å². The zero-order chi connectivity index (χ0) is 14.9. The van der Waals surface area contributed by atoms with E-state index in [2.05, 4.69) is 23.8 Å². The molecule has 20 heavy (non-hydrogen) atoms. The van der Waals surface area contributed by atoms with Gasteiger partial charge < -0.3 is 4.98 Å². The summed E-state index contributed by atoms with van der Waals surface area (Å²) in [6.07, 6.45) is 0.343. The van der Waals surface area contributed by atoms with E-state index in [1.807, 2.05) is 6.92 Å². The molecule has 0 aliphatic carbocycles. The lowest BCUT2D eigenvalue weighted by atomic mass is 10.0. The van der Waals surface area contributed by atoms with Gasteiger partial charge in [0.15, 0.2) is 0 Å². The first-order valence-corrected chi connectivity index (χ1v) is 7.21. The van der Waals surface area contributed by atoms with Gasteiger partial charge in [0, 0.05) is 17.7 Å². The maximum Gasteiger partial charge on any atom is 0.145 e. The molecule has 0 aliphatic rings. The third kappa shape index (κ3) is 3.07. The van der Waals surface area contributed by atoms with Crippen LogP contribution in [0.3, 0.4) is 0 Å². The monoisotopic (exact) mass is 310 g/mol. The van der Waals surface area contributed by atoms with Crippen molar-refractivity contribution in [2.75, 3.05) is 0 Å². The molecule has 1 aromatic heterocycles. The fraction of sp³-hybridized carbons (Fsp3) is 0.333. The molecule has 2 nitrogen and oxygen atoms in total. The van der Waals surface area contributed by atoms with E-state index >= 15 is 0 Å². The fourth-order valence-electron chi connectivity index (χ4n) is 2.28. The number of aromatic nitrogens is 2. The Balaban J connectivity index is 2.41. The molecule has 0 atom stereocenters. The zero-order valence-electron chi connectivity index (χ0n) is 11.6. The van der Waals surface area contributed by atoms with E-state index in [1.165, 1.54) is 6.07 Å². The van der Waals surface area contributed by atoms with E-state index in [-0.39, 0.29) is 5.02 Å². The van der Waals surface area contributed by atoms with Crippen molar-refractivity contribution >= 4 is 23.8 Å². The van der Waals surface area contributed by atoms with Gasteiger partial charge in [-0.3, -0.25) is 0 Å². The van der Waals surface area contributed by atoms with E-state index in [9.17, 15) is 4.39 Å². The van der Waals surface area contributed by atoms with Crippen LogP contribution < -0.4 is 0 Å². The number of hydrogen-bond acceptors (Lipinski definition) is 2. The number of hydrogen-bond donors (Lipinski definition) is 1. The Bertz CT molecular complexity index is 695. The van der Waals surface area contributed by atoms with Gasteiger partial charge in [-0.05, 0) is 24.5 Å². The minimum atomic E-state index is -0.402. The van der Waals surface area contributed by atoms with Crippen LogP contribution in [0.2, 0.25) is 5.02 Å². The molecule has 0 amide bonds. The van der Waals surface area contributed by atoms with Crippen LogP contribution in [-0.2, 0) is 6.42 Å². The lowest BCUT2D eigenvalue weighted by Gasteiger charge is -2.12. The highest BCUT2D eigenvalue weighted by Crippen LogP contribution is 2.22. The van der Waals surface area contributed by atoms with Crippen LogP contribution in [0.1, 0.15) is 42.4 Å². The Labute approximate surface area is 128 Å². The highest BCUT2D eigenvalue weighted by atomic mass is 35.5. The summed E-state index contributed by atoms with van der Waals surface area (Å²) in [5.74, 6) is 0.558. The van der Waals surface area contributed by atoms with Crippen LogP contribution in [0.15, 0.2) is 18.2 Å². The number of benzene rings is 1. The summed E-state index contributed by atoms with van der Waals surface area (Å²) in [6.45, 7) is 6.11. The van der Waals surface area contributed by atoms with E-state index in [1.54, 1.807) is 12.1 Å². The quantitative estimate of drug-likeness (QED) is 0.812. The van der Waals surface area contributed by atoms with E-state index in [4.69, 9.17) is 23.8 Å². The average Bonchev–Trinajstić information content (AvgIpc) is 2.33. The second-order valence-electron chi connectivity index (χ2n) is 5.07. The predicted octanol–water partition coefficient (Wildman–Crippen LogP) is 4.95. The molecule has 0 spiro atoms. The summed E-state index contributed by atoms with van der Waals surface area (Å²) in [5, 5.41) is 0.122. The van der Waals surface area contributed by atoms with Gasteiger partial charge in [0.2, 0.25) is 0 Å². The molecule has 0 unspecified atom stereocenters. The van der Waals surface area contributed by atoms with E-state index in [0.717, 1.165) is 11.3 Å². The maximum atomic E-state index is 13.9. The van der Waals surface area contributed by atoms with Gasteiger partial charge in [-0.1, -0.05) is 49.8 Å². The van der Waals surface area contributed by atoms with Crippen LogP contribution in [-0.4, -0.2) is 9.97 Å². The van der Waals surface area contributed by atoms with Crippen molar-refractivity contribution in [3.8, 4) is 0 Å². The predicted molar refractivity (Wildman–Crippen MR) is 82.5 cm³/mol. The van der Waals surface area contributed by atoms with Gasteiger partial charge in [-0.15, -0.1) is 0 Å². The maximum absolute atomic E-state index is 13.9. The van der Waals surface area contributed by atoms with Crippen molar-refractivity contribution in [3.63, 3.8) is 0 Å². The number of halogens is 2. The molecular formula is C15H16ClFN2S. The molecular weight excluding hydrogens is 295 g/mol. The average molecular weight is 311 g/mol. The lowest BCUT2D eigenvalue weighted by Crippen LogP contribution is -2.06. The van der Waals surface area contributed by atoms with Crippen LogP contribution >= 0.6 is 23.8 Å². The molecule has 5 heteroatoms. The van der Waals surface area contributed by atoms with Gasteiger partial charge in [-0.2, -0.15) is 0 Å². The Kier molecular flexibility index (Phi) is 4.55. The lowest BCUT2D eigenvalue weighted by molar-refractivity contribution is 0.612. The van der Waals surface area contributed by atoms with Crippen LogP contribution in [0.4, 0.5) is 4.39 Å². The first-order chi connectivity index (χ1) is 9.40. The zero-order valence-corrected chi connectivity index (χ0v) is 13.2. The van der Waals surface area contributed by atoms with Crippen molar-refractivity contribution in [1.82, 2.24) is 9.97 Å². The molecule has 106 valence electrons. The number of nitrogens with one attached hydrogen (secondary N) is 1. The van der Waals surface area contributed by atoms with Gasteiger partial charge >= 0.3 is 0 Å². The SMILES string of the molecule is Cc1[nH]c(Cc2cccc(Cl)c2F)nc(=S)c1C(C)C. The smallest absolute Gasteiger partial charge is 0.145 e. The van der Waals surface area contributed by atoms with Crippen LogP contribution in [0.5, 0.6) is 0 Å². The molecule has 1 N–H and O–H groups in total. The minimum absolute atomic E-state index is 0.122. The molecule has 2 aromatic rings. The van der Waals surface area contributed by atoms with Gasteiger partial charge in [0.1, 0.15) is 16.3 Å². The Morgan fingerprint density at radius 3 is 2.70 bits per heavy atom. The summed E-state index contributed by atoms with van der Waals surface area (Å²) in [5.41, 5.74) is 2.53. The highest BCUT2D eigenvalue weighted by Gasteiger charge is 2.12. The molecule has 0 fully saturated rings. The summed E-state index contributed by atoms with van der Waals surface area (Å²) >= 11 is 11.1. The number of aryl methyl sites for hydroxylation is 1. The summed E-state index contributed by atoms with van der Waals surface area (Å²) in [7, 11) is 0. The number of rotatable bonds is 3. The van der Waals surface area contributed by atoms with Crippen LogP contribution in [0, 0.1) is 17.4 Å². The van der Waals surface area contributed by atoms with Crippen molar-refractivity contribution in [2.24, 2.45) is 0 Å². The molecule has 1 heterocycles. The molecule has 1 aromatic carbocycles. The van der Waals surface area contributed by atoms with Crippen molar-refractivity contribution in [1.29, 1.82) is 0 Å². The third-order valence-corrected chi connectivity index (χ3v) is 3.77. The molecule has 0 bridgehead atoms. The molecule has 0 aliphatic heterocycles. The number of aromatic amines is 1. The van der Waals surface area contributed by atoms with E-state index < -0.39 is 5.82 Å². The Morgan fingerprint density at radius 2 is 2.10 bits per heavy atom. The second-order valence-corrected chi connectivity index (χ2v) is 5.87. The summed E-state index contributed by atoms with van der Waals surface area (Å²) in [6, 6.07) is 4.96. The molecule has 0 saturated carbocycles. The number of H-pyrrole nitrogens is 1. The first kappa shape index (κ1) is 15.1. The van der Waals surface area contributed by atoms with Crippen molar-refractivity contribution in [3.05, 3.63) is 56.3 Å². The van der Waals surface area contributed by atoms with Gasteiger partial charge in [-0.25, -0.2) is 9.37 Å².